The molecule has 0 N–H and O–H groups in total. The van der Waals surface area contributed by atoms with Gasteiger partial charge in [0.25, 0.3) is 0 Å². The second-order valence-electron chi connectivity index (χ2n) is 5.11. The standard InChI is InChI=1S/C17H24OS/c1-15(2)8-7-9-16(3)12-13-19(18)14-17-10-5-4-6-11-17/h4-6,8,10-12H,7,9,13-14H2,1-3H3/b16-12+. The van der Waals surface area contributed by atoms with E-state index in [1.54, 1.807) is 0 Å². The second-order valence-corrected chi connectivity index (χ2v) is 6.61. The first-order chi connectivity index (χ1) is 9.08. The minimum Gasteiger partial charge on any atom is -0.616 e. The molecule has 1 rings (SSSR count). The number of hydrogen-bond donors (Lipinski definition) is 0. The van der Waals surface area contributed by atoms with Gasteiger partial charge in [-0.1, -0.05) is 47.6 Å². The van der Waals surface area contributed by atoms with Crippen molar-refractivity contribution in [1.82, 2.24) is 0 Å². The van der Waals surface area contributed by atoms with Crippen LogP contribution in [-0.4, -0.2) is 10.3 Å². The molecule has 1 nitrogen and oxygen atoms in total. The van der Waals surface area contributed by atoms with Crippen molar-refractivity contribution in [3.05, 3.63) is 59.2 Å². The Bertz CT molecular complexity index is 416. The largest absolute Gasteiger partial charge is 0.616 e. The van der Waals surface area contributed by atoms with Crippen LogP contribution < -0.4 is 0 Å². The van der Waals surface area contributed by atoms with Crippen LogP contribution in [0.2, 0.25) is 0 Å². The highest BCUT2D eigenvalue weighted by molar-refractivity contribution is 7.90. The molecule has 2 heteroatoms. The van der Waals surface area contributed by atoms with E-state index in [-0.39, 0.29) is 0 Å². The molecule has 19 heavy (non-hydrogen) atoms. The van der Waals surface area contributed by atoms with Crippen LogP contribution in [0.5, 0.6) is 0 Å². The van der Waals surface area contributed by atoms with Crippen LogP contribution in [0.15, 0.2) is 53.6 Å². The van der Waals surface area contributed by atoms with Crippen molar-refractivity contribution in [3.8, 4) is 0 Å². The molecule has 0 aromatic heterocycles. The van der Waals surface area contributed by atoms with Crippen LogP contribution in [-0.2, 0) is 16.9 Å². The van der Waals surface area contributed by atoms with Crippen molar-refractivity contribution in [3.63, 3.8) is 0 Å². The monoisotopic (exact) mass is 276 g/mol. The Kier molecular flexibility index (Phi) is 7.61. The molecule has 0 heterocycles. The summed E-state index contributed by atoms with van der Waals surface area (Å²) in [5.41, 5.74) is 3.84. The maximum Gasteiger partial charge on any atom is 0.130 e. The van der Waals surface area contributed by atoms with Crippen LogP contribution >= 0.6 is 0 Å². The van der Waals surface area contributed by atoms with Gasteiger partial charge in [0.15, 0.2) is 0 Å². The smallest absolute Gasteiger partial charge is 0.130 e. The number of benzene rings is 1. The molecule has 0 spiro atoms. The molecule has 1 atom stereocenters. The van der Waals surface area contributed by atoms with E-state index >= 15 is 0 Å². The lowest BCUT2D eigenvalue weighted by Crippen LogP contribution is -2.07. The maximum absolute atomic E-state index is 12.0. The summed E-state index contributed by atoms with van der Waals surface area (Å²) in [6, 6.07) is 10.0. The fourth-order valence-corrected chi connectivity index (χ4v) is 2.90. The Morgan fingerprint density at radius 2 is 1.79 bits per heavy atom. The fourth-order valence-electron chi connectivity index (χ4n) is 1.74. The zero-order valence-corrected chi connectivity index (χ0v) is 13.0. The van der Waals surface area contributed by atoms with Gasteiger partial charge in [-0.3, -0.25) is 0 Å². The van der Waals surface area contributed by atoms with Crippen molar-refractivity contribution in [2.24, 2.45) is 0 Å². The maximum atomic E-state index is 12.0. The van der Waals surface area contributed by atoms with Crippen molar-refractivity contribution in [1.29, 1.82) is 0 Å². The minimum absolute atomic E-state index is 0.651. The van der Waals surface area contributed by atoms with E-state index in [1.807, 2.05) is 30.3 Å². The lowest BCUT2D eigenvalue weighted by Gasteiger charge is -2.09. The predicted octanol–water partition coefficient (Wildman–Crippen LogP) is 4.63. The molecule has 0 radical (unpaired) electrons. The fraction of sp³-hybridized carbons (Fsp3) is 0.412. The summed E-state index contributed by atoms with van der Waals surface area (Å²) in [5, 5.41) is 0. The SMILES string of the molecule is CC(C)=CCC/C(C)=C/C[S+]([O-])Cc1ccccc1. The average molecular weight is 276 g/mol. The quantitative estimate of drug-likeness (QED) is 0.526. The van der Waals surface area contributed by atoms with Crippen LogP contribution in [0, 0.1) is 0 Å². The summed E-state index contributed by atoms with van der Waals surface area (Å²) in [7, 11) is 0. The summed E-state index contributed by atoms with van der Waals surface area (Å²) < 4.78 is 12.0. The molecule has 104 valence electrons. The highest BCUT2D eigenvalue weighted by Crippen LogP contribution is 2.10. The summed E-state index contributed by atoms with van der Waals surface area (Å²) in [6.07, 6.45) is 6.51. The van der Waals surface area contributed by atoms with Gasteiger partial charge >= 0.3 is 0 Å². The van der Waals surface area contributed by atoms with Gasteiger partial charge in [0.2, 0.25) is 0 Å². The van der Waals surface area contributed by atoms with E-state index < -0.39 is 11.2 Å². The third kappa shape index (κ3) is 7.91. The molecule has 0 fully saturated rings. The van der Waals surface area contributed by atoms with Crippen LogP contribution in [0.3, 0.4) is 0 Å². The zero-order valence-electron chi connectivity index (χ0n) is 12.2. The van der Waals surface area contributed by atoms with E-state index in [1.165, 1.54) is 11.1 Å². The van der Waals surface area contributed by atoms with Gasteiger partial charge in [0.1, 0.15) is 11.5 Å². The molecular weight excluding hydrogens is 252 g/mol. The normalized spacial score (nSPS) is 13.2. The molecule has 1 unspecified atom stereocenters. The van der Waals surface area contributed by atoms with Crippen LogP contribution in [0.25, 0.3) is 0 Å². The Hall–Kier alpha value is -0.990. The molecule has 0 amide bonds. The lowest BCUT2D eigenvalue weighted by atomic mass is 10.1. The number of allylic oxidation sites excluding steroid dienone is 3. The highest BCUT2D eigenvalue weighted by atomic mass is 32.2. The van der Waals surface area contributed by atoms with Crippen molar-refractivity contribution < 1.29 is 4.55 Å². The molecule has 0 aliphatic heterocycles. The molecule has 0 saturated carbocycles. The summed E-state index contributed by atoms with van der Waals surface area (Å²) in [6.45, 7) is 6.36. The minimum atomic E-state index is -0.798. The first kappa shape index (κ1) is 16.1. The number of hydrogen-bond acceptors (Lipinski definition) is 1. The Labute approximate surface area is 120 Å². The molecule has 0 saturated heterocycles. The summed E-state index contributed by atoms with van der Waals surface area (Å²) in [5.74, 6) is 1.31. The van der Waals surface area contributed by atoms with Crippen molar-refractivity contribution in [2.75, 3.05) is 5.75 Å². The third-order valence-electron chi connectivity index (χ3n) is 2.88. The second kappa shape index (κ2) is 9.00. The molecule has 1 aromatic carbocycles. The Balaban J connectivity index is 2.32. The van der Waals surface area contributed by atoms with Gasteiger partial charge in [-0.25, -0.2) is 0 Å². The molecule has 0 aliphatic rings. The van der Waals surface area contributed by atoms with E-state index in [0.717, 1.165) is 18.4 Å². The van der Waals surface area contributed by atoms with Gasteiger partial charge in [0.05, 0.1) is 0 Å². The van der Waals surface area contributed by atoms with E-state index in [9.17, 15) is 4.55 Å². The van der Waals surface area contributed by atoms with E-state index in [4.69, 9.17) is 0 Å². The summed E-state index contributed by atoms with van der Waals surface area (Å²) >= 11 is -0.798. The zero-order chi connectivity index (χ0) is 14.1. The van der Waals surface area contributed by atoms with Crippen molar-refractivity contribution >= 4 is 11.2 Å². The Morgan fingerprint density at radius 1 is 1.11 bits per heavy atom. The lowest BCUT2D eigenvalue weighted by molar-refractivity contribution is 0.597. The van der Waals surface area contributed by atoms with Gasteiger partial charge in [-0.2, -0.15) is 0 Å². The number of rotatable bonds is 7. The average Bonchev–Trinajstić information content (AvgIpc) is 2.37. The predicted molar refractivity (Wildman–Crippen MR) is 85.6 cm³/mol. The molecule has 0 aliphatic carbocycles. The first-order valence-corrected chi connectivity index (χ1v) is 8.24. The van der Waals surface area contributed by atoms with Gasteiger partial charge in [-0.15, -0.1) is 0 Å². The third-order valence-corrected chi connectivity index (χ3v) is 4.07. The highest BCUT2D eigenvalue weighted by Gasteiger charge is 2.05. The van der Waals surface area contributed by atoms with E-state index in [0.29, 0.717) is 11.5 Å². The van der Waals surface area contributed by atoms with Crippen LogP contribution in [0.4, 0.5) is 0 Å². The molecule has 1 aromatic rings. The van der Waals surface area contributed by atoms with Gasteiger partial charge in [-0.05, 0) is 50.9 Å². The topological polar surface area (TPSA) is 23.1 Å². The summed E-state index contributed by atoms with van der Waals surface area (Å²) in [4.78, 5) is 0. The van der Waals surface area contributed by atoms with Gasteiger partial charge in [0, 0.05) is 5.56 Å². The van der Waals surface area contributed by atoms with Gasteiger partial charge < -0.3 is 4.55 Å². The van der Waals surface area contributed by atoms with Crippen molar-refractivity contribution in [2.45, 2.75) is 39.4 Å². The van der Waals surface area contributed by atoms with Crippen LogP contribution in [0.1, 0.15) is 39.2 Å². The first-order valence-electron chi connectivity index (χ1n) is 6.76. The Morgan fingerprint density at radius 3 is 2.42 bits per heavy atom. The molecular formula is C17H24OS. The molecule has 0 bridgehead atoms. The van der Waals surface area contributed by atoms with E-state index in [2.05, 4.69) is 32.9 Å².